The molecule has 0 unspecified atom stereocenters. The summed E-state index contributed by atoms with van der Waals surface area (Å²) in [6, 6.07) is 7.89. The van der Waals surface area contributed by atoms with Crippen LogP contribution in [0.25, 0.3) is 5.69 Å². The second-order valence-electron chi connectivity index (χ2n) is 3.88. The van der Waals surface area contributed by atoms with Gasteiger partial charge < -0.3 is 5.11 Å². The van der Waals surface area contributed by atoms with Crippen LogP contribution < -0.4 is 0 Å². The van der Waals surface area contributed by atoms with Crippen LogP contribution in [0, 0.1) is 6.92 Å². The van der Waals surface area contributed by atoms with Gasteiger partial charge in [0.15, 0.2) is 0 Å². The molecule has 17 heavy (non-hydrogen) atoms. The van der Waals surface area contributed by atoms with Gasteiger partial charge in [0.2, 0.25) is 0 Å². The highest BCUT2D eigenvalue weighted by molar-refractivity contribution is 5.66. The van der Waals surface area contributed by atoms with E-state index in [0.717, 1.165) is 5.69 Å². The molecule has 5 heteroatoms. The molecule has 0 aliphatic rings. The molecule has 1 heterocycles. The maximum absolute atomic E-state index is 10.4. The lowest BCUT2D eigenvalue weighted by Crippen LogP contribution is -1.97. The summed E-state index contributed by atoms with van der Waals surface area (Å²) in [5.74, 6) is -0.824. The highest BCUT2D eigenvalue weighted by atomic mass is 16.4. The smallest absolute Gasteiger partial charge is 0.303 e. The Hall–Kier alpha value is -2.17. The van der Waals surface area contributed by atoms with E-state index in [1.165, 1.54) is 5.56 Å². The van der Waals surface area contributed by atoms with Crippen molar-refractivity contribution in [2.75, 3.05) is 0 Å². The zero-order valence-corrected chi connectivity index (χ0v) is 9.50. The molecule has 2 rings (SSSR count). The van der Waals surface area contributed by atoms with E-state index in [0.29, 0.717) is 12.1 Å². The van der Waals surface area contributed by atoms with Crippen LogP contribution in [0.1, 0.15) is 17.7 Å². The first-order valence-electron chi connectivity index (χ1n) is 5.35. The molecule has 1 aromatic carbocycles. The summed E-state index contributed by atoms with van der Waals surface area (Å²) in [4.78, 5) is 10.4. The van der Waals surface area contributed by atoms with Crippen molar-refractivity contribution < 1.29 is 9.90 Å². The normalized spacial score (nSPS) is 10.4. The van der Waals surface area contributed by atoms with Gasteiger partial charge in [-0.15, -0.1) is 5.10 Å². The minimum atomic E-state index is -0.824. The Balaban J connectivity index is 2.12. The molecule has 1 aromatic heterocycles. The molecule has 0 atom stereocenters. The summed E-state index contributed by atoms with van der Waals surface area (Å²) in [5, 5.41) is 16.5. The van der Waals surface area contributed by atoms with Crippen molar-refractivity contribution in [2.45, 2.75) is 19.8 Å². The molecule has 0 radical (unpaired) electrons. The number of carboxylic acids is 1. The highest BCUT2D eigenvalue weighted by Gasteiger charge is 2.05. The molecule has 0 saturated carbocycles. The van der Waals surface area contributed by atoms with Crippen LogP contribution in [0.2, 0.25) is 0 Å². The Kier molecular flexibility index (Phi) is 3.18. The van der Waals surface area contributed by atoms with Crippen molar-refractivity contribution in [3.8, 4) is 5.69 Å². The topological polar surface area (TPSA) is 68.0 Å². The molecule has 5 nitrogen and oxygen atoms in total. The van der Waals surface area contributed by atoms with Gasteiger partial charge in [0.25, 0.3) is 0 Å². The molecule has 0 saturated heterocycles. The second-order valence-corrected chi connectivity index (χ2v) is 3.88. The Labute approximate surface area is 98.7 Å². The van der Waals surface area contributed by atoms with Gasteiger partial charge in [-0.1, -0.05) is 22.9 Å². The minimum absolute atomic E-state index is 0.0760. The van der Waals surface area contributed by atoms with Gasteiger partial charge in [0.1, 0.15) is 0 Å². The molecule has 1 N–H and O–H groups in total. The first kappa shape index (κ1) is 11.3. The van der Waals surface area contributed by atoms with Crippen molar-refractivity contribution in [3.63, 3.8) is 0 Å². The quantitative estimate of drug-likeness (QED) is 0.867. The van der Waals surface area contributed by atoms with Crippen molar-refractivity contribution in [1.29, 1.82) is 0 Å². The van der Waals surface area contributed by atoms with Crippen molar-refractivity contribution in [3.05, 3.63) is 41.7 Å². The van der Waals surface area contributed by atoms with Crippen molar-refractivity contribution >= 4 is 5.97 Å². The molecular weight excluding hydrogens is 218 g/mol. The van der Waals surface area contributed by atoms with Crippen LogP contribution in [0.3, 0.4) is 0 Å². The van der Waals surface area contributed by atoms with Gasteiger partial charge in [-0.2, -0.15) is 0 Å². The summed E-state index contributed by atoms with van der Waals surface area (Å²) in [5.41, 5.74) is 2.79. The van der Waals surface area contributed by atoms with E-state index in [1.807, 2.05) is 31.2 Å². The first-order valence-corrected chi connectivity index (χ1v) is 5.35. The molecule has 0 bridgehead atoms. The molecule has 0 spiro atoms. The molecule has 0 fully saturated rings. The predicted molar refractivity (Wildman–Crippen MR) is 62.1 cm³/mol. The number of aromatic nitrogens is 3. The fourth-order valence-corrected chi connectivity index (χ4v) is 1.47. The van der Waals surface area contributed by atoms with Gasteiger partial charge >= 0.3 is 5.97 Å². The zero-order valence-electron chi connectivity index (χ0n) is 9.50. The third-order valence-electron chi connectivity index (χ3n) is 2.43. The van der Waals surface area contributed by atoms with Gasteiger partial charge in [0.05, 0.1) is 24.0 Å². The van der Waals surface area contributed by atoms with Crippen molar-refractivity contribution in [1.82, 2.24) is 15.0 Å². The van der Waals surface area contributed by atoms with Crippen LogP contribution in [0.4, 0.5) is 0 Å². The number of rotatable bonds is 4. The lowest BCUT2D eigenvalue weighted by atomic mass is 10.2. The molecule has 0 aliphatic carbocycles. The fraction of sp³-hybridized carbons (Fsp3) is 0.250. The number of hydrogen-bond donors (Lipinski definition) is 1. The molecule has 0 aliphatic heterocycles. The highest BCUT2D eigenvalue weighted by Crippen LogP contribution is 2.09. The van der Waals surface area contributed by atoms with Crippen LogP contribution in [0.5, 0.6) is 0 Å². The van der Waals surface area contributed by atoms with Crippen LogP contribution in [-0.4, -0.2) is 26.1 Å². The molecule has 88 valence electrons. The summed E-state index contributed by atoms with van der Waals surface area (Å²) >= 11 is 0. The lowest BCUT2D eigenvalue weighted by molar-refractivity contribution is -0.136. The number of carbonyl (C=O) groups is 1. The average molecular weight is 231 g/mol. The number of carboxylic acid groups (broad SMARTS) is 1. The second kappa shape index (κ2) is 4.78. The number of nitrogens with zero attached hydrogens (tertiary/aromatic N) is 3. The third-order valence-corrected chi connectivity index (χ3v) is 2.43. The van der Waals surface area contributed by atoms with Crippen LogP contribution >= 0.6 is 0 Å². The Morgan fingerprint density at radius 3 is 2.71 bits per heavy atom. The standard InChI is InChI=1S/C12H13N3O2/c1-9-2-5-11(6-3-9)15-8-10(13-14-15)4-7-12(16)17/h2-3,5-6,8H,4,7H2,1H3,(H,16,17). The molecular formula is C12H13N3O2. The summed E-state index contributed by atoms with van der Waals surface area (Å²) in [7, 11) is 0. The van der Waals surface area contributed by atoms with E-state index in [1.54, 1.807) is 10.9 Å². The fourth-order valence-electron chi connectivity index (χ4n) is 1.47. The largest absolute Gasteiger partial charge is 0.481 e. The van der Waals surface area contributed by atoms with Crippen LogP contribution in [0.15, 0.2) is 30.5 Å². The third kappa shape index (κ3) is 2.90. The van der Waals surface area contributed by atoms with Gasteiger partial charge in [-0.05, 0) is 19.1 Å². The maximum Gasteiger partial charge on any atom is 0.303 e. The Morgan fingerprint density at radius 1 is 1.35 bits per heavy atom. The summed E-state index contributed by atoms with van der Waals surface area (Å²) < 4.78 is 1.65. The van der Waals surface area contributed by atoms with Gasteiger partial charge in [-0.25, -0.2) is 4.68 Å². The Morgan fingerprint density at radius 2 is 2.06 bits per heavy atom. The van der Waals surface area contributed by atoms with E-state index in [2.05, 4.69) is 10.3 Å². The molecule has 0 amide bonds. The van der Waals surface area contributed by atoms with E-state index in [4.69, 9.17) is 5.11 Å². The lowest BCUT2D eigenvalue weighted by Gasteiger charge is -1.99. The van der Waals surface area contributed by atoms with Crippen molar-refractivity contribution in [2.24, 2.45) is 0 Å². The number of aryl methyl sites for hydroxylation is 2. The maximum atomic E-state index is 10.4. The predicted octanol–water partition coefficient (Wildman–Crippen LogP) is 1.59. The Bertz CT molecular complexity index is 517. The summed E-state index contributed by atoms with van der Waals surface area (Å²) in [6.45, 7) is 2.02. The number of hydrogen-bond acceptors (Lipinski definition) is 3. The van der Waals surface area contributed by atoms with E-state index in [-0.39, 0.29) is 6.42 Å². The number of benzene rings is 1. The average Bonchev–Trinajstić information content (AvgIpc) is 2.76. The number of aliphatic carboxylic acids is 1. The monoisotopic (exact) mass is 231 g/mol. The summed E-state index contributed by atoms with van der Waals surface area (Å²) in [6.07, 6.45) is 2.24. The first-order chi connectivity index (χ1) is 8.15. The van der Waals surface area contributed by atoms with Gasteiger partial charge in [0, 0.05) is 6.42 Å². The SMILES string of the molecule is Cc1ccc(-n2cc(CCC(=O)O)nn2)cc1. The van der Waals surface area contributed by atoms with Gasteiger partial charge in [-0.3, -0.25) is 4.79 Å². The molecule has 2 aromatic rings. The zero-order chi connectivity index (χ0) is 12.3. The van der Waals surface area contributed by atoms with Crippen LogP contribution in [-0.2, 0) is 11.2 Å². The van der Waals surface area contributed by atoms with E-state index >= 15 is 0 Å². The van der Waals surface area contributed by atoms with E-state index in [9.17, 15) is 4.79 Å². The minimum Gasteiger partial charge on any atom is -0.481 e. The van der Waals surface area contributed by atoms with E-state index < -0.39 is 5.97 Å².